The molecule has 6 nitrogen and oxygen atoms in total. The second-order valence-corrected chi connectivity index (χ2v) is 36.5. The molecule has 1 atom stereocenters. The Bertz CT molecular complexity index is 9470. The van der Waals surface area contributed by atoms with Crippen molar-refractivity contribution >= 4 is 291 Å². The van der Waals surface area contributed by atoms with Crippen molar-refractivity contribution < 1.29 is 23.7 Å². The third-order valence-electron chi connectivity index (χ3n) is 34.1. The highest BCUT2D eigenvalue weighted by Crippen LogP contribution is 2.87. The molecule has 1 unspecified atom stereocenters. The number of methoxy groups -OCH3 is 5. The van der Waals surface area contributed by atoms with Crippen molar-refractivity contribution in [3.63, 3.8) is 0 Å². The third kappa shape index (κ3) is 3.60. The van der Waals surface area contributed by atoms with Gasteiger partial charge in [-0.15, -0.1) is 0 Å². The molecular weight excluding hydrogens is 1330 g/mol. The predicted octanol–water partition coefficient (Wildman–Crippen LogP) is 24.3. The van der Waals surface area contributed by atoms with Crippen LogP contribution in [0.2, 0.25) is 0 Å². The Hall–Kier alpha value is -12.5. The fourth-order valence-corrected chi connectivity index (χ4v) is 32.8. The lowest BCUT2D eigenvalue weighted by atomic mass is 9.47. The number of nitrogens with zero attached hydrogens (tertiary/aromatic N) is 1. The molecule has 1 heterocycles. The van der Waals surface area contributed by atoms with Crippen molar-refractivity contribution in [3.05, 3.63) is 168 Å². The lowest BCUT2D eigenvalue weighted by Crippen LogP contribution is -2.52. The molecule has 1 aliphatic heterocycles. The molecule has 0 aromatic heterocycles. The number of rotatable bonds is 6. The Labute approximate surface area is 610 Å². The van der Waals surface area contributed by atoms with Gasteiger partial charge < -0.3 is 23.7 Å². The van der Waals surface area contributed by atoms with E-state index in [0.717, 1.165) is 79.8 Å². The number of fused-ring (bicyclic) bond motifs is 10. The van der Waals surface area contributed by atoms with Crippen LogP contribution in [0.1, 0.15) is 89.5 Å². The van der Waals surface area contributed by atoms with E-state index in [1.807, 2.05) is 35.5 Å². The van der Waals surface area contributed by atoms with Gasteiger partial charge in [0.2, 0.25) is 0 Å². The molecule has 5 aliphatic carbocycles. The largest absolute Gasteiger partial charge is 0.496 e. The molecule has 492 valence electrons. The first kappa shape index (κ1) is 49.4. The average molecular weight is 1380 g/mol. The van der Waals surface area contributed by atoms with Crippen LogP contribution in [0.5, 0.6) is 28.7 Å². The van der Waals surface area contributed by atoms with Crippen LogP contribution in [0.4, 0.5) is 0 Å². The molecule has 33 aromatic carbocycles. The highest BCUT2D eigenvalue weighted by Gasteiger charge is 2.76. The summed E-state index contributed by atoms with van der Waals surface area (Å²) in [5.74, 6) is 4.52. The van der Waals surface area contributed by atoms with Gasteiger partial charge in [0.1, 0.15) is 28.7 Å². The quantitative estimate of drug-likeness (QED) is 0.155. The summed E-state index contributed by atoms with van der Waals surface area (Å²) < 4.78 is 33.8. The molecule has 0 N–H and O–H groups in total. The average Bonchev–Trinajstić information content (AvgIpc) is 1.38. The van der Waals surface area contributed by atoms with Gasteiger partial charge in [0.05, 0.1) is 46.4 Å². The minimum absolute atomic E-state index is 0.113. The second kappa shape index (κ2) is 13.4. The maximum atomic E-state index is 7.16. The van der Waals surface area contributed by atoms with Gasteiger partial charge in [-0.2, -0.15) is 0 Å². The Balaban J connectivity index is 0.742. The fraction of sp³-hybridized carbons (Fsp3) is 0.146. The van der Waals surface area contributed by atoms with Gasteiger partial charge in [-0.05, 0) is 381 Å². The maximum absolute atomic E-state index is 7.16. The van der Waals surface area contributed by atoms with Crippen molar-refractivity contribution in [3.8, 4) is 28.7 Å². The van der Waals surface area contributed by atoms with Crippen LogP contribution in [0.25, 0.3) is 291 Å². The van der Waals surface area contributed by atoms with Crippen molar-refractivity contribution in [1.82, 2.24) is 4.90 Å². The van der Waals surface area contributed by atoms with Gasteiger partial charge >= 0.3 is 0 Å². The Morgan fingerprint density at radius 3 is 0.587 bits per heavy atom. The summed E-state index contributed by atoms with van der Waals surface area (Å²) in [5, 5.41) is 87.7. The van der Waals surface area contributed by atoms with Gasteiger partial charge in [-0.3, -0.25) is 4.90 Å². The number of para-hydroxylation sites is 4. The molecule has 39 rings (SSSR count). The van der Waals surface area contributed by atoms with Crippen LogP contribution in [-0.4, -0.2) is 54.0 Å². The summed E-state index contributed by atoms with van der Waals surface area (Å²) in [6.07, 6.45) is 3.12. The summed E-state index contributed by atoms with van der Waals surface area (Å²) in [7, 11) is 11.9. The van der Waals surface area contributed by atoms with E-state index in [1.165, 1.54) is 16.7 Å². The number of likely N-dealkylation sites (N-methyl/N-ethyl adjacent to an activating group) is 1. The van der Waals surface area contributed by atoms with Gasteiger partial charge in [0, 0.05) is 44.7 Å². The normalized spacial score (nSPS) is 20.1. The highest BCUT2D eigenvalue weighted by atomic mass is 16.5. The summed E-state index contributed by atoms with van der Waals surface area (Å²) in [5.41, 5.74) is 18.5. The highest BCUT2D eigenvalue weighted by molar-refractivity contribution is 6.82. The Morgan fingerprint density at radius 2 is 0.394 bits per heavy atom. The third-order valence-corrected chi connectivity index (χ3v) is 34.1. The minimum atomic E-state index is -0.572. The van der Waals surface area contributed by atoms with E-state index < -0.39 is 10.8 Å². The minimum Gasteiger partial charge on any atom is -0.496 e. The lowest BCUT2D eigenvalue weighted by molar-refractivity contribution is 0.271. The fourth-order valence-electron chi connectivity index (χ4n) is 32.8. The van der Waals surface area contributed by atoms with Crippen molar-refractivity contribution in [2.75, 3.05) is 49.1 Å². The molecule has 33 aromatic rings. The van der Waals surface area contributed by atoms with Crippen LogP contribution >= 0.6 is 0 Å². The molecule has 6 heteroatoms. The second-order valence-electron chi connectivity index (χ2n) is 36.5. The van der Waals surface area contributed by atoms with Crippen LogP contribution in [-0.2, 0) is 42.9 Å². The number of hydrogen-bond acceptors (Lipinski definition) is 6. The summed E-state index contributed by atoms with van der Waals surface area (Å²) in [4.78, 5) is 2.98. The molecule has 0 saturated carbocycles. The van der Waals surface area contributed by atoms with Crippen molar-refractivity contribution in [2.24, 2.45) is 0 Å². The topological polar surface area (TPSA) is 49.4 Å². The number of hydrogen-bond donors (Lipinski definition) is 0. The predicted molar refractivity (Wildman–Crippen MR) is 448 cm³/mol. The van der Waals surface area contributed by atoms with E-state index in [4.69, 9.17) is 23.7 Å². The van der Waals surface area contributed by atoms with Crippen LogP contribution < -0.4 is 23.7 Å². The standard InChI is InChI=1S/C103H45NO5/c1-104-26-102-92-84-76-66-56-48-40-38-39-42-46-44(40)52-60-54(46)64-58-50(42)51-43(39)47-45-41(38)49(48)57-63-53(45)61-55(47)65-59(51)69-68(58)80-74(64)82-72(60)78(70(76)62(52)56)86(92)88(82)94-90(80)91-81(69)75(65)83-73(61)79-71(63)77(67(57)66)85(84)93(102)87(79)89(83)95(91)103(94,102)101(104)37-24-35-22-33-17-9-15-31(98(33)107-4)20-29-13-7-11-27(96(29)105-2)19-28-12-8-14-30(97(28)106-3)21-32-16-10-18-34(99(32)108-5)23-36(25-37)100(35)109-6/h7-18,24-25,101H,19-23,26H2,1-6H3. The zero-order chi connectivity index (χ0) is 68.6. The lowest BCUT2D eigenvalue weighted by Gasteiger charge is -2.52. The molecule has 6 aliphatic rings. The van der Waals surface area contributed by atoms with Crippen molar-refractivity contribution in [2.45, 2.75) is 49.0 Å². The van der Waals surface area contributed by atoms with Crippen LogP contribution in [0.3, 0.4) is 0 Å². The first-order chi connectivity index (χ1) is 53.9. The Kier molecular flexibility index (Phi) is 6.07. The van der Waals surface area contributed by atoms with Gasteiger partial charge in [0.25, 0.3) is 0 Å². The van der Waals surface area contributed by atoms with Crippen molar-refractivity contribution in [1.29, 1.82) is 0 Å². The molecule has 109 heavy (non-hydrogen) atoms. The summed E-state index contributed by atoms with van der Waals surface area (Å²) in [6, 6.07) is 32.2. The zero-order valence-electron chi connectivity index (χ0n) is 59.4. The first-order valence-corrected chi connectivity index (χ1v) is 39.7. The molecule has 0 amide bonds. The van der Waals surface area contributed by atoms with E-state index >= 15 is 0 Å². The Morgan fingerprint density at radius 1 is 0.229 bits per heavy atom. The van der Waals surface area contributed by atoms with Gasteiger partial charge in [-0.1, -0.05) is 84.9 Å². The van der Waals surface area contributed by atoms with Crippen LogP contribution in [0, 0.1) is 0 Å². The first-order valence-electron chi connectivity index (χ1n) is 39.7. The molecule has 10 bridgehead atoms. The number of likely N-dealkylation sites (tertiary alicyclic amines) is 1. The SMILES string of the molecule is COc1c2cccc1Cc1cccc(c1OC)Cc1cc(C3N(C)CC45c6c7c8c9c%10c%11c(c%12c%13c4c4c6c6c%14c7c7c8c8c%10c%10c%15c%11c%11c%12c%12c%13c%13c4c4c6c6c%14c%14c7c7c8c%10c8c%10c%15c%11c%11c%12c%12c%13c4c4c6c6c%14c7c8c7c%10c%11c%12c4c67)C935)cc(c1OC)Cc1cccc(c1OC)Cc1cccc(c1OC)C2. The number of ether oxygens (including phenoxy) is 5. The monoisotopic (exact) mass is 1380 g/mol. The van der Waals surface area contributed by atoms with Gasteiger partial charge in [-0.25, -0.2) is 0 Å². The van der Waals surface area contributed by atoms with Crippen LogP contribution in [0.15, 0.2) is 84.9 Å². The molecule has 1 fully saturated rings. The number of benzene rings is 23. The van der Waals surface area contributed by atoms with E-state index in [2.05, 4.69) is 96.9 Å². The van der Waals surface area contributed by atoms with E-state index in [0.29, 0.717) is 32.1 Å². The zero-order valence-corrected chi connectivity index (χ0v) is 59.4. The molecule has 0 radical (unpaired) electrons. The maximum Gasteiger partial charge on any atom is 0.125 e. The molecule has 2 spiro atoms. The summed E-state index contributed by atoms with van der Waals surface area (Å²) >= 11 is 0. The van der Waals surface area contributed by atoms with E-state index in [1.54, 1.807) is 313 Å². The summed E-state index contributed by atoms with van der Waals surface area (Å²) in [6.45, 7) is 0.908. The van der Waals surface area contributed by atoms with E-state index in [-0.39, 0.29) is 6.04 Å². The molecular formula is C103H45NO5. The molecule has 1 saturated heterocycles. The smallest absolute Gasteiger partial charge is 0.125 e. The van der Waals surface area contributed by atoms with Gasteiger partial charge in [0.15, 0.2) is 0 Å². The van der Waals surface area contributed by atoms with E-state index in [9.17, 15) is 0 Å².